The fraction of sp³-hybridized carbons (Fsp3) is 0.368. The summed E-state index contributed by atoms with van der Waals surface area (Å²) in [5.74, 6) is 0.810. The van der Waals surface area contributed by atoms with Gasteiger partial charge in [-0.05, 0) is 43.7 Å². The highest BCUT2D eigenvalue weighted by molar-refractivity contribution is 5.95. The topological polar surface area (TPSA) is 81.0 Å². The molecule has 1 atom stereocenters. The van der Waals surface area contributed by atoms with E-state index in [0.717, 1.165) is 5.56 Å². The van der Waals surface area contributed by atoms with Gasteiger partial charge < -0.3 is 24.1 Å². The minimum Gasteiger partial charge on any atom is -0.493 e. The van der Waals surface area contributed by atoms with Crippen LogP contribution in [0.25, 0.3) is 0 Å². The predicted molar refractivity (Wildman–Crippen MR) is 96.3 cm³/mol. The number of nitrogens with one attached hydrogen (secondary N) is 1. The second-order valence-corrected chi connectivity index (χ2v) is 5.78. The van der Waals surface area contributed by atoms with E-state index in [1.165, 1.54) is 6.26 Å². The number of hydrogen-bond acceptors (Lipinski definition) is 5. The van der Waals surface area contributed by atoms with Crippen molar-refractivity contribution in [2.45, 2.75) is 26.4 Å². The van der Waals surface area contributed by atoms with Crippen molar-refractivity contribution < 1.29 is 23.5 Å². The second-order valence-electron chi connectivity index (χ2n) is 5.78. The molecule has 0 aliphatic rings. The maximum atomic E-state index is 12.5. The highest BCUT2D eigenvalue weighted by Gasteiger charge is 2.21. The summed E-state index contributed by atoms with van der Waals surface area (Å²) < 4.78 is 15.8. The zero-order valence-electron chi connectivity index (χ0n) is 15.4. The predicted octanol–water partition coefficient (Wildman–Crippen LogP) is 2.46. The van der Waals surface area contributed by atoms with Gasteiger partial charge in [-0.1, -0.05) is 6.07 Å². The van der Waals surface area contributed by atoms with E-state index in [9.17, 15) is 9.59 Å². The summed E-state index contributed by atoms with van der Waals surface area (Å²) >= 11 is 0. The van der Waals surface area contributed by atoms with Gasteiger partial charge in [0.1, 0.15) is 6.04 Å². The normalized spacial score (nSPS) is 11.5. The van der Waals surface area contributed by atoms with Crippen molar-refractivity contribution in [1.29, 1.82) is 0 Å². The van der Waals surface area contributed by atoms with Crippen molar-refractivity contribution >= 4 is 11.8 Å². The Morgan fingerprint density at radius 1 is 1.27 bits per heavy atom. The van der Waals surface area contributed by atoms with Gasteiger partial charge in [-0.2, -0.15) is 0 Å². The van der Waals surface area contributed by atoms with Crippen LogP contribution >= 0.6 is 0 Å². The molecule has 1 aromatic carbocycles. The lowest BCUT2D eigenvalue weighted by Crippen LogP contribution is -2.45. The van der Waals surface area contributed by atoms with Gasteiger partial charge >= 0.3 is 0 Å². The van der Waals surface area contributed by atoms with E-state index in [-0.39, 0.29) is 11.7 Å². The van der Waals surface area contributed by atoms with Gasteiger partial charge in [-0.25, -0.2) is 0 Å². The number of carbonyl (C=O) groups is 2. The number of methoxy groups -OCH3 is 1. The van der Waals surface area contributed by atoms with Crippen molar-refractivity contribution in [2.24, 2.45) is 0 Å². The first-order chi connectivity index (χ1) is 12.5. The number of carbonyl (C=O) groups excluding carboxylic acids is 2. The third-order valence-corrected chi connectivity index (χ3v) is 3.79. The highest BCUT2D eigenvalue weighted by atomic mass is 16.5. The lowest BCUT2D eigenvalue weighted by atomic mass is 10.1. The number of ether oxygens (including phenoxy) is 2. The van der Waals surface area contributed by atoms with Crippen LogP contribution in [-0.2, 0) is 11.3 Å². The van der Waals surface area contributed by atoms with Crippen LogP contribution in [0.2, 0.25) is 0 Å². The number of amides is 2. The molecule has 0 spiro atoms. The molecule has 0 saturated carbocycles. The van der Waals surface area contributed by atoms with Crippen LogP contribution in [0.15, 0.2) is 41.0 Å². The van der Waals surface area contributed by atoms with Gasteiger partial charge in [0, 0.05) is 13.6 Å². The largest absolute Gasteiger partial charge is 0.493 e. The summed E-state index contributed by atoms with van der Waals surface area (Å²) in [6, 6.07) is 8.01. The van der Waals surface area contributed by atoms with Crippen molar-refractivity contribution in [3.05, 3.63) is 47.9 Å². The Kier molecular flexibility index (Phi) is 6.66. The average molecular weight is 360 g/mol. The molecule has 140 valence electrons. The first kappa shape index (κ1) is 19.4. The third kappa shape index (κ3) is 4.78. The van der Waals surface area contributed by atoms with Crippen LogP contribution in [0.3, 0.4) is 0 Å². The molecule has 0 bridgehead atoms. The highest BCUT2D eigenvalue weighted by Crippen LogP contribution is 2.28. The molecular formula is C19H24N2O5. The van der Waals surface area contributed by atoms with Gasteiger partial charge in [0.2, 0.25) is 5.91 Å². The monoisotopic (exact) mass is 360 g/mol. The summed E-state index contributed by atoms with van der Waals surface area (Å²) in [6.45, 7) is 4.46. The number of nitrogens with zero attached hydrogens (tertiary/aromatic N) is 1. The van der Waals surface area contributed by atoms with Crippen LogP contribution in [0.4, 0.5) is 0 Å². The number of likely N-dealkylation sites (N-methyl/N-ethyl adjacent to an activating group) is 1. The number of hydrogen-bond donors (Lipinski definition) is 1. The SMILES string of the molecule is CCOc1ccc(CN(C)C(=O)[C@@H](C)NC(=O)c2ccco2)cc1OC. The lowest BCUT2D eigenvalue weighted by molar-refractivity contribution is -0.132. The molecular weight excluding hydrogens is 336 g/mol. The Balaban J connectivity index is 1.98. The lowest BCUT2D eigenvalue weighted by Gasteiger charge is -2.22. The summed E-state index contributed by atoms with van der Waals surface area (Å²) in [7, 11) is 3.25. The van der Waals surface area contributed by atoms with Crippen molar-refractivity contribution in [2.75, 3.05) is 20.8 Å². The number of furan rings is 1. The minimum absolute atomic E-state index is 0.170. The molecule has 1 N–H and O–H groups in total. The Morgan fingerprint density at radius 2 is 2.04 bits per heavy atom. The molecule has 0 aliphatic heterocycles. The van der Waals surface area contributed by atoms with E-state index < -0.39 is 11.9 Å². The van der Waals surface area contributed by atoms with Crippen molar-refractivity contribution in [3.8, 4) is 11.5 Å². The van der Waals surface area contributed by atoms with E-state index in [1.54, 1.807) is 38.1 Å². The molecule has 0 fully saturated rings. The fourth-order valence-electron chi connectivity index (χ4n) is 2.50. The Morgan fingerprint density at radius 3 is 2.65 bits per heavy atom. The molecule has 0 unspecified atom stereocenters. The summed E-state index contributed by atoms with van der Waals surface area (Å²) in [5, 5.41) is 2.63. The van der Waals surface area contributed by atoms with Gasteiger partial charge in [-0.3, -0.25) is 9.59 Å². The van der Waals surface area contributed by atoms with Crippen LogP contribution in [0, 0.1) is 0 Å². The molecule has 1 aromatic heterocycles. The molecule has 2 rings (SSSR count). The summed E-state index contributed by atoms with van der Waals surface area (Å²) in [5.41, 5.74) is 0.894. The van der Waals surface area contributed by atoms with E-state index >= 15 is 0 Å². The van der Waals surface area contributed by atoms with Crippen LogP contribution in [0.1, 0.15) is 30.0 Å². The maximum Gasteiger partial charge on any atom is 0.287 e. The Hall–Kier alpha value is -2.96. The standard InChI is InChI=1S/C19H24N2O5/c1-5-25-15-9-8-14(11-17(15)24-4)12-21(3)19(23)13(2)20-18(22)16-7-6-10-26-16/h6-11,13H,5,12H2,1-4H3,(H,20,22)/t13-/m1/s1. The zero-order chi connectivity index (χ0) is 19.1. The van der Waals surface area contributed by atoms with Crippen LogP contribution in [0.5, 0.6) is 11.5 Å². The third-order valence-electron chi connectivity index (χ3n) is 3.79. The summed E-state index contributed by atoms with van der Waals surface area (Å²) in [4.78, 5) is 26.0. The molecule has 26 heavy (non-hydrogen) atoms. The molecule has 2 aromatic rings. The summed E-state index contributed by atoms with van der Waals surface area (Å²) in [6.07, 6.45) is 1.41. The molecule has 0 saturated heterocycles. The van der Waals surface area contributed by atoms with E-state index in [2.05, 4.69) is 5.32 Å². The maximum absolute atomic E-state index is 12.5. The smallest absolute Gasteiger partial charge is 0.287 e. The van der Waals surface area contributed by atoms with E-state index in [4.69, 9.17) is 13.9 Å². The Bertz CT molecular complexity index is 742. The first-order valence-corrected chi connectivity index (χ1v) is 8.35. The van der Waals surface area contributed by atoms with Gasteiger partial charge in [0.25, 0.3) is 5.91 Å². The quantitative estimate of drug-likeness (QED) is 0.782. The minimum atomic E-state index is -0.679. The van der Waals surface area contributed by atoms with Gasteiger partial charge in [0.05, 0.1) is 20.0 Å². The van der Waals surface area contributed by atoms with Crippen molar-refractivity contribution in [1.82, 2.24) is 10.2 Å². The number of rotatable bonds is 8. The molecule has 1 heterocycles. The fourth-order valence-corrected chi connectivity index (χ4v) is 2.50. The molecule has 7 heteroatoms. The van der Waals surface area contributed by atoms with E-state index in [0.29, 0.717) is 24.7 Å². The molecule has 0 radical (unpaired) electrons. The molecule has 0 aliphatic carbocycles. The first-order valence-electron chi connectivity index (χ1n) is 8.35. The molecule has 7 nitrogen and oxygen atoms in total. The zero-order valence-corrected chi connectivity index (χ0v) is 15.4. The van der Waals surface area contributed by atoms with Gasteiger partial charge in [-0.15, -0.1) is 0 Å². The van der Waals surface area contributed by atoms with E-state index in [1.807, 2.05) is 25.1 Å². The second kappa shape index (κ2) is 8.94. The Labute approximate surface area is 152 Å². The van der Waals surface area contributed by atoms with Gasteiger partial charge in [0.15, 0.2) is 17.3 Å². The number of benzene rings is 1. The molecule has 2 amide bonds. The van der Waals surface area contributed by atoms with Crippen LogP contribution in [-0.4, -0.2) is 43.5 Å². The van der Waals surface area contributed by atoms with Crippen LogP contribution < -0.4 is 14.8 Å². The van der Waals surface area contributed by atoms with Crippen molar-refractivity contribution in [3.63, 3.8) is 0 Å². The average Bonchev–Trinajstić information content (AvgIpc) is 3.17.